The third-order valence-corrected chi connectivity index (χ3v) is 5.48. The van der Waals surface area contributed by atoms with Crippen molar-refractivity contribution in [2.75, 3.05) is 13.7 Å². The Balaban J connectivity index is 1.35. The largest absolute Gasteiger partial charge is 0.497 e. The van der Waals surface area contributed by atoms with Crippen LogP contribution in [0.4, 0.5) is 0 Å². The molecular weight excluding hydrogens is 412 g/mol. The molecule has 0 fully saturated rings. The van der Waals surface area contributed by atoms with Crippen molar-refractivity contribution in [2.24, 2.45) is 0 Å². The van der Waals surface area contributed by atoms with Gasteiger partial charge in [0.25, 0.3) is 0 Å². The Morgan fingerprint density at radius 3 is 2.68 bits per heavy atom. The number of aromatic amines is 1. The van der Waals surface area contributed by atoms with Gasteiger partial charge in [0.2, 0.25) is 5.91 Å². The summed E-state index contributed by atoms with van der Waals surface area (Å²) in [6.07, 6.45) is 0.306. The maximum absolute atomic E-state index is 12.4. The Kier molecular flexibility index (Phi) is 6.13. The summed E-state index contributed by atoms with van der Waals surface area (Å²) in [5.74, 6) is 2.36. The van der Waals surface area contributed by atoms with E-state index < -0.39 is 0 Å². The SMILES string of the molecule is COc1ccc(-c2n[nH]c(=S)n2CCC(=O)NCCn2c(C)nc3ccccc32)cc1. The molecule has 0 aliphatic heterocycles. The molecule has 31 heavy (non-hydrogen) atoms. The second-order valence-corrected chi connectivity index (χ2v) is 7.52. The molecule has 0 saturated heterocycles. The number of amides is 1. The number of methoxy groups -OCH3 is 1. The lowest BCUT2D eigenvalue weighted by molar-refractivity contribution is -0.121. The van der Waals surface area contributed by atoms with E-state index in [1.54, 1.807) is 7.11 Å². The van der Waals surface area contributed by atoms with Crippen molar-refractivity contribution < 1.29 is 9.53 Å². The number of para-hydroxylation sites is 2. The van der Waals surface area contributed by atoms with E-state index in [0.717, 1.165) is 28.2 Å². The molecule has 9 heteroatoms. The monoisotopic (exact) mass is 436 g/mol. The maximum atomic E-state index is 12.4. The summed E-state index contributed by atoms with van der Waals surface area (Å²) >= 11 is 5.35. The van der Waals surface area contributed by atoms with Crippen LogP contribution in [0.15, 0.2) is 48.5 Å². The Morgan fingerprint density at radius 1 is 1.13 bits per heavy atom. The molecule has 4 rings (SSSR count). The van der Waals surface area contributed by atoms with Gasteiger partial charge in [-0.3, -0.25) is 14.5 Å². The number of hydrogen-bond donors (Lipinski definition) is 2. The van der Waals surface area contributed by atoms with E-state index in [2.05, 4.69) is 25.1 Å². The minimum Gasteiger partial charge on any atom is -0.497 e. The Hall–Kier alpha value is -3.46. The molecule has 0 radical (unpaired) electrons. The zero-order chi connectivity index (χ0) is 21.8. The molecule has 160 valence electrons. The summed E-state index contributed by atoms with van der Waals surface area (Å²) in [4.78, 5) is 17.0. The molecule has 0 spiro atoms. The number of rotatable bonds is 8. The first-order valence-electron chi connectivity index (χ1n) is 10.0. The summed E-state index contributed by atoms with van der Waals surface area (Å²) in [6, 6.07) is 15.6. The zero-order valence-electron chi connectivity index (χ0n) is 17.5. The van der Waals surface area contributed by atoms with Crippen LogP contribution in [0.1, 0.15) is 12.2 Å². The standard InChI is InChI=1S/C22H24N6O2S/c1-15-24-18-5-3-4-6-19(18)27(15)14-12-23-20(29)11-13-28-21(25-26-22(28)31)16-7-9-17(30-2)10-8-16/h3-10H,11-14H2,1-2H3,(H,23,29)(H,26,31). The van der Waals surface area contributed by atoms with Crippen LogP contribution >= 0.6 is 12.2 Å². The summed E-state index contributed by atoms with van der Waals surface area (Å²) < 4.78 is 9.64. The molecule has 0 saturated carbocycles. The fraction of sp³-hybridized carbons (Fsp3) is 0.273. The lowest BCUT2D eigenvalue weighted by atomic mass is 10.2. The van der Waals surface area contributed by atoms with E-state index in [9.17, 15) is 4.79 Å². The van der Waals surface area contributed by atoms with Gasteiger partial charge in [-0.05, 0) is 55.5 Å². The van der Waals surface area contributed by atoms with E-state index in [1.165, 1.54) is 0 Å². The van der Waals surface area contributed by atoms with Gasteiger partial charge < -0.3 is 14.6 Å². The third kappa shape index (κ3) is 4.51. The highest BCUT2D eigenvalue weighted by Crippen LogP contribution is 2.21. The summed E-state index contributed by atoms with van der Waals surface area (Å²) in [5.41, 5.74) is 2.94. The molecule has 2 aromatic heterocycles. The second kappa shape index (κ2) is 9.13. The minimum absolute atomic E-state index is 0.0362. The van der Waals surface area contributed by atoms with Gasteiger partial charge in [-0.25, -0.2) is 4.98 Å². The number of ether oxygens (including phenoxy) is 1. The van der Waals surface area contributed by atoms with Crippen LogP contribution in [0, 0.1) is 11.7 Å². The van der Waals surface area contributed by atoms with Crippen LogP contribution in [0.5, 0.6) is 5.75 Å². The molecule has 2 heterocycles. The summed E-state index contributed by atoms with van der Waals surface area (Å²) in [6.45, 7) is 3.61. The topological polar surface area (TPSA) is 89.8 Å². The van der Waals surface area contributed by atoms with E-state index in [4.69, 9.17) is 17.0 Å². The molecule has 0 aliphatic rings. The number of aryl methyl sites for hydroxylation is 1. The third-order valence-electron chi connectivity index (χ3n) is 5.17. The molecule has 0 atom stereocenters. The molecule has 2 aromatic carbocycles. The van der Waals surface area contributed by atoms with Crippen molar-refractivity contribution in [3.05, 3.63) is 59.1 Å². The molecule has 0 aliphatic carbocycles. The Morgan fingerprint density at radius 2 is 1.90 bits per heavy atom. The van der Waals surface area contributed by atoms with Gasteiger partial charge in [0.1, 0.15) is 11.6 Å². The average molecular weight is 437 g/mol. The van der Waals surface area contributed by atoms with Crippen molar-refractivity contribution in [1.29, 1.82) is 0 Å². The highest BCUT2D eigenvalue weighted by Gasteiger charge is 2.11. The molecule has 1 amide bonds. The number of carbonyl (C=O) groups is 1. The quantitative estimate of drug-likeness (QED) is 0.413. The highest BCUT2D eigenvalue weighted by molar-refractivity contribution is 7.71. The van der Waals surface area contributed by atoms with Gasteiger partial charge in [-0.2, -0.15) is 5.10 Å². The predicted octanol–water partition coefficient (Wildman–Crippen LogP) is 3.48. The van der Waals surface area contributed by atoms with Crippen LogP contribution in [0.25, 0.3) is 22.4 Å². The van der Waals surface area contributed by atoms with Crippen LogP contribution in [0.2, 0.25) is 0 Å². The Labute approximate surface area is 184 Å². The first-order valence-corrected chi connectivity index (χ1v) is 10.5. The van der Waals surface area contributed by atoms with Crippen LogP contribution in [-0.4, -0.2) is 43.9 Å². The summed E-state index contributed by atoms with van der Waals surface area (Å²) in [5, 5.41) is 10.1. The molecule has 4 aromatic rings. The number of nitrogens with one attached hydrogen (secondary N) is 2. The van der Waals surface area contributed by atoms with Gasteiger partial charge >= 0.3 is 0 Å². The van der Waals surface area contributed by atoms with E-state index in [0.29, 0.717) is 36.7 Å². The van der Waals surface area contributed by atoms with Gasteiger partial charge in [0, 0.05) is 31.6 Å². The van der Waals surface area contributed by atoms with Crippen LogP contribution in [-0.2, 0) is 17.9 Å². The number of nitrogens with zero attached hydrogens (tertiary/aromatic N) is 4. The maximum Gasteiger partial charge on any atom is 0.221 e. The number of carbonyl (C=O) groups excluding carboxylic acids is 1. The highest BCUT2D eigenvalue weighted by atomic mass is 32.1. The molecule has 0 bridgehead atoms. The number of aromatic nitrogens is 5. The van der Waals surface area contributed by atoms with Crippen molar-refractivity contribution in [2.45, 2.75) is 26.4 Å². The van der Waals surface area contributed by atoms with Crippen molar-refractivity contribution in [3.8, 4) is 17.1 Å². The molecular formula is C22H24N6O2S. The number of H-pyrrole nitrogens is 1. The number of fused-ring (bicyclic) bond motifs is 1. The lowest BCUT2D eigenvalue weighted by Crippen LogP contribution is -2.28. The van der Waals surface area contributed by atoms with E-state index >= 15 is 0 Å². The van der Waals surface area contributed by atoms with Crippen molar-refractivity contribution in [1.82, 2.24) is 29.6 Å². The predicted molar refractivity (Wildman–Crippen MR) is 121 cm³/mol. The smallest absolute Gasteiger partial charge is 0.221 e. The number of hydrogen-bond acceptors (Lipinski definition) is 5. The Bertz CT molecular complexity index is 1260. The van der Waals surface area contributed by atoms with Gasteiger partial charge in [0.15, 0.2) is 10.6 Å². The molecule has 8 nitrogen and oxygen atoms in total. The second-order valence-electron chi connectivity index (χ2n) is 7.13. The molecule has 2 N–H and O–H groups in total. The van der Waals surface area contributed by atoms with Crippen molar-refractivity contribution >= 4 is 29.2 Å². The van der Waals surface area contributed by atoms with E-state index in [-0.39, 0.29) is 5.91 Å². The molecule has 0 unspecified atom stereocenters. The first kappa shape index (κ1) is 20.8. The fourth-order valence-electron chi connectivity index (χ4n) is 3.57. The zero-order valence-corrected chi connectivity index (χ0v) is 18.3. The van der Waals surface area contributed by atoms with Crippen LogP contribution < -0.4 is 10.1 Å². The number of benzene rings is 2. The van der Waals surface area contributed by atoms with Crippen LogP contribution in [0.3, 0.4) is 0 Å². The fourth-order valence-corrected chi connectivity index (χ4v) is 3.80. The van der Waals surface area contributed by atoms with E-state index in [1.807, 2.05) is 60.0 Å². The van der Waals surface area contributed by atoms with Crippen molar-refractivity contribution in [3.63, 3.8) is 0 Å². The first-order chi connectivity index (χ1) is 15.1. The normalized spacial score (nSPS) is 11.0. The minimum atomic E-state index is -0.0362. The van der Waals surface area contributed by atoms with Gasteiger partial charge in [-0.1, -0.05) is 12.1 Å². The average Bonchev–Trinajstić information content (AvgIpc) is 3.31. The van der Waals surface area contributed by atoms with Gasteiger partial charge in [0.05, 0.1) is 18.1 Å². The number of imidazole rings is 1. The van der Waals surface area contributed by atoms with Gasteiger partial charge in [-0.15, -0.1) is 0 Å². The summed E-state index contributed by atoms with van der Waals surface area (Å²) in [7, 11) is 1.63. The lowest BCUT2D eigenvalue weighted by Gasteiger charge is -2.10.